The van der Waals surface area contributed by atoms with Crippen molar-refractivity contribution in [3.8, 4) is 0 Å². The Bertz CT molecular complexity index is 393. The van der Waals surface area contributed by atoms with Gasteiger partial charge in [0.25, 0.3) is 5.91 Å². The third kappa shape index (κ3) is 4.14. The molecule has 1 unspecified atom stereocenters. The van der Waals surface area contributed by atoms with Crippen LogP contribution in [0.3, 0.4) is 0 Å². The molecule has 0 spiro atoms. The predicted octanol–water partition coefficient (Wildman–Crippen LogP) is 1.86. The molecule has 1 amide bonds. The molecule has 0 fully saturated rings. The number of hydrogen-bond acceptors (Lipinski definition) is 4. The van der Waals surface area contributed by atoms with Gasteiger partial charge in [-0.1, -0.05) is 25.9 Å². The summed E-state index contributed by atoms with van der Waals surface area (Å²) in [5, 5.41) is 15.3. The summed E-state index contributed by atoms with van der Waals surface area (Å²) in [6, 6.07) is 1.69. The van der Waals surface area contributed by atoms with Crippen LogP contribution in [-0.2, 0) is 5.41 Å². The second-order valence-electron chi connectivity index (χ2n) is 5.57. The number of aliphatic hydroxyl groups is 1. The van der Waals surface area contributed by atoms with Gasteiger partial charge in [0.1, 0.15) is 5.76 Å². The van der Waals surface area contributed by atoms with Crippen LogP contribution in [0.4, 0.5) is 0 Å². The van der Waals surface area contributed by atoms with Crippen LogP contribution in [0.15, 0.2) is 10.6 Å². The van der Waals surface area contributed by atoms with Crippen molar-refractivity contribution < 1.29 is 14.4 Å². The number of carbonyl (C=O) groups excluding carboxylic acids is 1. The van der Waals surface area contributed by atoms with Crippen molar-refractivity contribution in [2.75, 3.05) is 6.61 Å². The van der Waals surface area contributed by atoms with E-state index in [0.717, 1.165) is 6.42 Å². The average molecular weight is 254 g/mol. The molecule has 0 aliphatic carbocycles. The molecule has 0 radical (unpaired) electrons. The second-order valence-corrected chi connectivity index (χ2v) is 5.57. The summed E-state index contributed by atoms with van der Waals surface area (Å²) < 4.78 is 5.16. The van der Waals surface area contributed by atoms with Gasteiger partial charge in [0.05, 0.1) is 0 Å². The summed E-state index contributed by atoms with van der Waals surface area (Å²) in [6.45, 7) is 8.04. The van der Waals surface area contributed by atoms with Crippen LogP contribution in [0.25, 0.3) is 0 Å². The lowest BCUT2D eigenvalue weighted by Gasteiger charge is -2.12. The first kappa shape index (κ1) is 14.7. The molecule has 1 rings (SSSR count). The summed E-state index contributed by atoms with van der Waals surface area (Å²) in [6.07, 6.45) is 1.42. The van der Waals surface area contributed by atoms with Crippen LogP contribution in [-0.4, -0.2) is 28.8 Å². The second kappa shape index (κ2) is 6.00. The molecule has 102 valence electrons. The van der Waals surface area contributed by atoms with Gasteiger partial charge in [-0.05, 0) is 19.8 Å². The third-order valence-corrected chi connectivity index (χ3v) is 2.65. The number of nitrogens with one attached hydrogen (secondary N) is 1. The van der Waals surface area contributed by atoms with Gasteiger partial charge in [0, 0.05) is 24.1 Å². The summed E-state index contributed by atoms with van der Waals surface area (Å²) >= 11 is 0. The summed E-state index contributed by atoms with van der Waals surface area (Å²) in [4.78, 5) is 11.9. The van der Waals surface area contributed by atoms with E-state index in [-0.39, 0.29) is 24.0 Å². The Morgan fingerprint density at radius 1 is 1.56 bits per heavy atom. The Kier molecular flexibility index (Phi) is 4.90. The van der Waals surface area contributed by atoms with Crippen LogP contribution in [0, 0.1) is 0 Å². The molecule has 5 heteroatoms. The fourth-order valence-corrected chi connectivity index (χ4v) is 1.50. The lowest BCUT2D eigenvalue weighted by Crippen LogP contribution is -2.32. The van der Waals surface area contributed by atoms with E-state index in [4.69, 9.17) is 9.63 Å². The van der Waals surface area contributed by atoms with Gasteiger partial charge >= 0.3 is 0 Å². The summed E-state index contributed by atoms with van der Waals surface area (Å²) in [5.74, 6) is 0.454. The predicted molar refractivity (Wildman–Crippen MR) is 68.5 cm³/mol. The zero-order chi connectivity index (χ0) is 13.8. The smallest absolute Gasteiger partial charge is 0.273 e. The Morgan fingerprint density at radius 2 is 2.22 bits per heavy atom. The Morgan fingerprint density at radius 3 is 2.72 bits per heavy atom. The maximum absolute atomic E-state index is 11.9. The molecule has 2 N–H and O–H groups in total. The van der Waals surface area contributed by atoms with Gasteiger partial charge in [0.2, 0.25) is 0 Å². The number of rotatable bonds is 5. The topological polar surface area (TPSA) is 75.4 Å². The number of nitrogens with zero attached hydrogens (tertiary/aromatic N) is 1. The lowest BCUT2D eigenvalue weighted by molar-refractivity contribution is 0.0927. The Hall–Kier alpha value is -1.36. The number of aliphatic hydroxyl groups excluding tert-OH is 1. The van der Waals surface area contributed by atoms with E-state index in [1.54, 1.807) is 6.07 Å². The molecule has 0 bridgehead atoms. The fourth-order valence-electron chi connectivity index (χ4n) is 1.50. The first-order valence-electron chi connectivity index (χ1n) is 6.23. The average Bonchev–Trinajstić information content (AvgIpc) is 2.75. The van der Waals surface area contributed by atoms with Crippen LogP contribution in [0.1, 0.15) is 56.8 Å². The van der Waals surface area contributed by atoms with Crippen molar-refractivity contribution in [1.82, 2.24) is 10.5 Å². The van der Waals surface area contributed by atoms with Crippen LogP contribution >= 0.6 is 0 Å². The largest absolute Gasteiger partial charge is 0.396 e. The minimum absolute atomic E-state index is 0.0134. The maximum atomic E-state index is 11.9. The van der Waals surface area contributed by atoms with Crippen molar-refractivity contribution in [2.24, 2.45) is 0 Å². The molecule has 0 aromatic carbocycles. The van der Waals surface area contributed by atoms with Gasteiger partial charge in [-0.25, -0.2) is 0 Å². The highest BCUT2D eigenvalue weighted by molar-refractivity contribution is 5.92. The zero-order valence-corrected chi connectivity index (χ0v) is 11.5. The number of carbonyl (C=O) groups is 1. The first-order chi connectivity index (χ1) is 8.34. The molecule has 1 atom stereocenters. The maximum Gasteiger partial charge on any atom is 0.273 e. The Balaban J connectivity index is 2.59. The molecule has 1 heterocycles. The third-order valence-electron chi connectivity index (χ3n) is 2.65. The summed E-state index contributed by atoms with van der Waals surface area (Å²) in [7, 11) is 0. The van der Waals surface area contributed by atoms with E-state index in [0.29, 0.717) is 17.9 Å². The SMILES string of the molecule is CC(CCCO)NC(=O)c1cc(C(C)(C)C)on1. The Labute approximate surface area is 108 Å². The van der Waals surface area contributed by atoms with Gasteiger partial charge in [-0.2, -0.15) is 0 Å². The highest BCUT2D eigenvalue weighted by Gasteiger charge is 2.22. The molecule has 18 heavy (non-hydrogen) atoms. The number of hydrogen-bond donors (Lipinski definition) is 2. The van der Waals surface area contributed by atoms with E-state index in [2.05, 4.69) is 10.5 Å². The first-order valence-corrected chi connectivity index (χ1v) is 6.23. The number of amides is 1. The highest BCUT2D eigenvalue weighted by Crippen LogP contribution is 2.22. The van der Waals surface area contributed by atoms with Crippen molar-refractivity contribution in [2.45, 2.75) is 52.0 Å². The molecule has 0 aliphatic rings. The molecular weight excluding hydrogens is 232 g/mol. The van der Waals surface area contributed by atoms with Gasteiger partial charge < -0.3 is 14.9 Å². The monoisotopic (exact) mass is 254 g/mol. The number of aromatic nitrogens is 1. The van der Waals surface area contributed by atoms with Crippen molar-refractivity contribution in [1.29, 1.82) is 0 Å². The zero-order valence-electron chi connectivity index (χ0n) is 11.5. The van der Waals surface area contributed by atoms with Crippen LogP contribution in [0.5, 0.6) is 0 Å². The minimum Gasteiger partial charge on any atom is -0.396 e. The molecule has 0 saturated carbocycles. The summed E-state index contributed by atoms with van der Waals surface area (Å²) in [5.41, 5.74) is 0.143. The van der Waals surface area contributed by atoms with Gasteiger partial charge in [-0.15, -0.1) is 0 Å². The van der Waals surface area contributed by atoms with Crippen LogP contribution < -0.4 is 5.32 Å². The highest BCUT2D eigenvalue weighted by atomic mass is 16.5. The van der Waals surface area contributed by atoms with E-state index in [1.165, 1.54) is 0 Å². The molecule has 0 aliphatic heterocycles. The quantitative estimate of drug-likeness (QED) is 0.841. The van der Waals surface area contributed by atoms with Crippen molar-refractivity contribution in [3.05, 3.63) is 17.5 Å². The van der Waals surface area contributed by atoms with E-state index in [9.17, 15) is 4.79 Å². The molecular formula is C13H22N2O3. The molecule has 5 nitrogen and oxygen atoms in total. The fraction of sp³-hybridized carbons (Fsp3) is 0.692. The normalized spacial score (nSPS) is 13.4. The van der Waals surface area contributed by atoms with Gasteiger partial charge in [0.15, 0.2) is 5.69 Å². The van der Waals surface area contributed by atoms with Crippen molar-refractivity contribution in [3.63, 3.8) is 0 Å². The standard InChI is InChI=1S/C13H22N2O3/c1-9(6-5-7-16)14-12(17)10-8-11(18-15-10)13(2,3)4/h8-9,16H,5-7H2,1-4H3,(H,14,17). The van der Waals surface area contributed by atoms with E-state index < -0.39 is 0 Å². The molecule has 0 saturated heterocycles. The molecule has 1 aromatic heterocycles. The van der Waals surface area contributed by atoms with Crippen LogP contribution in [0.2, 0.25) is 0 Å². The lowest BCUT2D eigenvalue weighted by atomic mass is 9.93. The minimum atomic E-state index is -0.236. The van der Waals surface area contributed by atoms with Gasteiger partial charge in [-0.3, -0.25) is 4.79 Å². The van der Waals surface area contributed by atoms with Crippen molar-refractivity contribution >= 4 is 5.91 Å². The molecule has 1 aromatic rings. The van der Waals surface area contributed by atoms with E-state index >= 15 is 0 Å². The van der Waals surface area contributed by atoms with E-state index in [1.807, 2.05) is 27.7 Å².